The minimum absolute atomic E-state index is 0.00970. The molecule has 130 valence electrons. The van der Waals surface area contributed by atoms with Gasteiger partial charge in [0.15, 0.2) is 5.65 Å². The van der Waals surface area contributed by atoms with E-state index in [0.29, 0.717) is 25.3 Å². The Hall–Kier alpha value is -2.31. The summed E-state index contributed by atoms with van der Waals surface area (Å²) in [6.45, 7) is 7.91. The Morgan fingerprint density at radius 2 is 2.08 bits per heavy atom. The molecule has 7 nitrogen and oxygen atoms in total. The van der Waals surface area contributed by atoms with E-state index < -0.39 is 6.09 Å². The van der Waals surface area contributed by atoms with Crippen LogP contribution in [0.5, 0.6) is 0 Å². The average molecular weight is 332 g/mol. The summed E-state index contributed by atoms with van der Waals surface area (Å²) in [5.74, 6) is 0.0894. The molecular weight excluding hydrogens is 308 g/mol. The number of carboxylic acid groups (broad SMARTS) is 1. The number of hydrogen-bond acceptors (Lipinski definition) is 3. The maximum absolute atomic E-state index is 12.5. The van der Waals surface area contributed by atoms with E-state index in [4.69, 9.17) is 5.11 Å². The zero-order valence-corrected chi connectivity index (χ0v) is 14.6. The van der Waals surface area contributed by atoms with Gasteiger partial charge in [-0.05, 0) is 24.0 Å². The topological polar surface area (TPSA) is 80.4 Å². The molecule has 1 saturated heterocycles. The van der Waals surface area contributed by atoms with E-state index in [9.17, 15) is 9.59 Å². The average Bonchev–Trinajstić information content (AvgIpc) is 3.07. The quantitative estimate of drug-likeness (QED) is 0.914. The first-order valence-electron chi connectivity index (χ1n) is 8.21. The van der Waals surface area contributed by atoms with Crippen LogP contribution >= 0.6 is 0 Å². The molecule has 1 atom stereocenters. The van der Waals surface area contributed by atoms with Crippen LogP contribution in [0.15, 0.2) is 16.9 Å². The highest BCUT2D eigenvalue weighted by atomic mass is 16.4. The smallest absolute Gasteiger partial charge is 0.407 e. The third-order valence-corrected chi connectivity index (χ3v) is 4.51. The van der Waals surface area contributed by atoms with Crippen LogP contribution in [0.1, 0.15) is 38.8 Å². The lowest BCUT2D eigenvalue weighted by molar-refractivity contribution is 0.155. The van der Waals surface area contributed by atoms with Crippen molar-refractivity contribution in [1.29, 1.82) is 0 Å². The number of rotatable bonds is 2. The summed E-state index contributed by atoms with van der Waals surface area (Å²) in [6.07, 6.45) is -0.121. The number of hydrogen-bond donors (Lipinski definition) is 1. The number of likely N-dealkylation sites (tertiary alicyclic amines) is 1. The minimum Gasteiger partial charge on any atom is -0.465 e. The molecule has 3 heterocycles. The zero-order valence-electron chi connectivity index (χ0n) is 14.6. The third-order valence-electron chi connectivity index (χ3n) is 4.51. The van der Waals surface area contributed by atoms with Crippen molar-refractivity contribution >= 4 is 17.3 Å². The van der Waals surface area contributed by atoms with Crippen molar-refractivity contribution in [2.24, 2.45) is 12.5 Å². The molecule has 0 bridgehead atoms. The Labute approximate surface area is 140 Å². The van der Waals surface area contributed by atoms with Crippen molar-refractivity contribution in [2.75, 3.05) is 13.1 Å². The SMILES string of the molecule is Cn1c(=O)n(CC(C)(C)C)c2ccc(C3CCN(C(=O)O)C3)nc21. The second-order valence-corrected chi connectivity index (χ2v) is 7.78. The van der Waals surface area contributed by atoms with Gasteiger partial charge in [-0.1, -0.05) is 20.8 Å². The first-order valence-corrected chi connectivity index (χ1v) is 8.21. The number of pyridine rings is 1. The second-order valence-electron chi connectivity index (χ2n) is 7.78. The lowest BCUT2D eigenvalue weighted by atomic mass is 9.97. The molecule has 1 fully saturated rings. The minimum atomic E-state index is -0.887. The summed E-state index contributed by atoms with van der Waals surface area (Å²) < 4.78 is 3.35. The Balaban J connectivity index is 1.99. The first-order chi connectivity index (χ1) is 11.2. The molecular formula is C17H24N4O3. The molecule has 0 saturated carbocycles. The summed E-state index contributed by atoms with van der Waals surface area (Å²) in [5, 5.41) is 9.10. The van der Waals surface area contributed by atoms with Gasteiger partial charge < -0.3 is 10.0 Å². The van der Waals surface area contributed by atoms with E-state index in [1.165, 1.54) is 4.90 Å². The molecule has 1 N–H and O–H groups in total. The van der Waals surface area contributed by atoms with Crippen molar-refractivity contribution < 1.29 is 9.90 Å². The fraction of sp³-hybridized carbons (Fsp3) is 0.588. The van der Waals surface area contributed by atoms with Crippen LogP contribution in [-0.2, 0) is 13.6 Å². The maximum Gasteiger partial charge on any atom is 0.407 e. The fourth-order valence-corrected chi connectivity index (χ4v) is 3.32. The number of amides is 1. The van der Waals surface area contributed by atoms with Gasteiger partial charge in [-0.25, -0.2) is 14.6 Å². The first kappa shape index (κ1) is 16.5. The number of aryl methyl sites for hydroxylation is 1. The van der Waals surface area contributed by atoms with Gasteiger partial charge in [-0.2, -0.15) is 0 Å². The highest BCUT2D eigenvalue weighted by molar-refractivity contribution is 5.72. The van der Waals surface area contributed by atoms with Gasteiger partial charge in [0, 0.05) is 38.3 Å². The maximum atomic E-state index is 12.5. The molecule has 0 aromatic carbocycles. The van der Waals surface area contributed by atoms with Crippen LogP contribution in [0.3, 0.4) is 0 Å². The molecule has 1 aliphatic rings. The van der Waals surface area contributed by atoms with E-state index in [1.807, 2.05) is 12.1 Å². The van der Waals surface area contributed by atoms with Crippen LogP contribution in [0.25, 0.3) is 11.2 Å². The van der Waals surface area contributed by atoms with E-state index >= 15 is 0 Å². The Bertz CT molecular complexity index is 844. The van der Waals surface area contributed by atoms with Crippen LogP contribution in [0, 0.1) is 5.41 Å². The van der Waals surface area contributed by atoms with Gasteiger partial charge >= 0.3 is 11.8 Å². The Morgan fingerprint density at radius 1 is 1.38 bits per heavy atom. The summed E-state index contributed by atoms with van der Waals surface area (Å²) in [6, 6.07) is 3.87. The number of imidazole rings is 1. The van der Waals surface area contributed by atoms with Gasteiger partial charge in [-0.3, -0.25) is 9.13 Å². The molecule has 3 rings (SSSR count). The summed E-state index contributed by atoms with van der Waals surface area (Å²) in [7, 11) is 1.73. The van der Waals surface area contributed by atoms with Gasteiger partial charge in [0.05, 0.1) is 5.52 Å². The van der Waals surface area contributed by atoms with E-state index in [0.717, 1.165) is 17.6 Å². The summed E-state index contributed by atoms with van der Waals surface area (Å²) in [4.78, 5) is 29.7. The number of fused-ring (bicyclic) bond motifs is 1. The molecule has 2 aromatic rings. The van der Waals surface area contributed by atoms with Gasteiger partial charge in [0.2, 0.25) is 0 Å². The predicted molar refractivity (Wildman–Crippen MR) is 91.4 cm³/mol. The van der Waals surface area contributed by atoms with E-state index in [2.05, 4.69) is 25.8 Å². The van der Waals surface area contributed by atoms with Crippen molar-refractivity contribution in [3.63, 3.8) is 0 Å². The lowest BCUT2D eigenvalue weighted by Crippen LogP contribution is -2.27. The number of carbonyl (C=O) groups is 1. The Kier molecular flexibility index (Phi) is 3.89. The fourth-order valence-electron chi connectivity index (χ4n) is 3.32. The molecule has 2 aromatic heterocycles. The number of aromatic nitrogens is 3. The van der Waals surface area contributed by atoms with Crippen LogP contribution < -0.4 is 5.69 Å². The van der Waals surface area contributed by atoms with E-state index in [-0.39, 0.29) is 17.0 Å². The van der Waals surface area contributed by atoms with Crippen molar-refractivity contribution in [3.05, 3.63) is 28.3 Å². The molecule has 0 spiro atoms. The summed E-state index contributed by atoms with van der Waals surface area (Å²) >= 11 is 0. The van der Waals surface area contributed by atoms with Gasteiger partial charge in [-0.15, -0.1) is 0 Å². The van der Waals surface area contributed by atoms with Crippen molar-refractivity contribution in [2.45, 2.75) is 39.7 Å². The number of nitrogens with zero attached hydrogens (tertiary/aromatic N) is 4. The second kappa shape index (κ2) is 5.65. The van der Waals surface area contributed by atoms with Crippen molar-refractivity contribution in [1.82, 2.24) is 19.0 Å². The van der Waals surface area contributed by atoms with Crippen LogP contribution in [-0.4, -0.2) is 43.3 Å². The molecule has 0 aliphatic carbocycles. The zero-order chi connectivity index (χ0) is 17.6. The van der Waals surface area contributed by atoms with Crippen LogP contribution in [0.4, 0.5) is 4.79 Å². The van der Waals surface area contributed by atoms with Crippen LogP contribution in [0.2, 0.25) is 0 Å². The monoisotopic (exact) mass is 332 g/mol. The van der Waals surface area contributed by atoms with E-state index in [1.54, 1.807) is 16.2 Å². The Morgan fingerprint density at radius 3 is 2.67 bits per heavy atom. The highest BCUT2D eigenvalue weighted by Gasteiger charge is 2.28. The molecule has 0 radical (unpaired) electrons. The molecule has 1 aliphatic heterocycles. The third kappa shape index (κ3) is 2.90. The highest BCUT2D eigenvalue weighted by Crippen LogP contribution is 2.27. The standard InChI is InChI=1S/C17H24N4O3/c1-17(2,3)10-21-13-6-5-12(18-14(13)19(4)15(21)22)11-7-8-20(9-11)16(23)24/h5-6,11H,7-10H2,1-4H3,(H,23,24). The molecule has 7 heteroatoms. The molecule has 1 unspecified atom stereocenters. The van der Waals surface area contributed by atoms with Gasteiger partial charge in [0.25, 0.3) is 0 Å². The molecule has 24 heavy (non-hydrogen) atoms. The normalized spacial score (nSPS) is 18.5. The van der Waals surface area contributed by atoms with Gasteiger partial charge in [0.1, 0.15) is 0 Å². The predicted octanol–water partition coefficient (Wildman–Crippen LogP) is 2.25. The summed E-state index contributed by atoms with van der Waals surface area (Å²) in [5.41, 5.74) is 2.27. The molecule has 1 amide bonds. The van der Waals surface area contributed by atoms with Crippen molar-refractivity contribution in [3.8, 4) is 0 Å². The largest absolute Gasteiger partial charge is 0.465 e. The lowest BCUT2D eigenvalue weighted by Gasteiger charge is -2.18.